The van der Waals surface area contributed by atoms with Crippen molar-refractivity contribution in [3.8, 4) is 5.75 Å². The van der Waals surface area contributed by atoms with Gasteiger partial charge in [-0.05, 0) is 49.3 Å². The van der Waals surface area contributed by atoms with Crippen LogP contribution in [-0.2, 0) is 0 Å². The average Bonchev–Trinajstić information content (AvgIpc) is 2.28. The molecule has 3 atom stereocenters. The van der Waals surface area contributed by atoms with Crippen LogP contribution in [0.2, 0.25) is 0 Å². The minimum Gasteiger partial charge on any atom is -0.487 e. The van der Waals surface area contributed by atoms with E-state index in [9.17, 15) is 0 Å². The molecule has 3 heteroatoms. The number of hydrogen-bond donors (Lipinski definition) is 1. The lowest BCUT2D eigenvalue weighted by atomic mass is 9.69. The molecule has 1 saturated carbocycles. The van der Waals surface area contributed by atoms with Gasteiger partial charge in [0.05, 0.1) is 0 Å². The van der Waals surface area contributed by atoms with Crippen molar-refractivity contribution in [1.29, 1.82) is 0 Å². The van der Waals surface area contributed by atoms with E-state index in [2.05, 4.69) is 41.9 Å². The van der Waals surface area contributed by atoms with E-state index in [-0.39, 0.29) is 11.6 Å². The van der Waals surface area contributed by atoms with E-state index in [0.29, 0.717) is 0 Å². The Bertz CT molecular complexity index is 478. The van der Waals surface area contributed by atoms with Crippen LogP contribution in [0.1, 0.15) is 51.1 Å². The molecule has 1 fully saturated rings. The molecule has 2 N–H and O–H groups in total. The van der Waals surface area contributed by atoms with E-state index in [0.717, 1.165) is 46.9 Å². The van der Waals surface area contributed by atoms with Crippen LogP contribution >= 0.6 is 15.9 Å². The highest BCUT2D eigenvalue weighted by atomic mass is 79.9. The third kappa shape index (κ3) is 2.55. The molecular weight excluding hydrogens is 302 g/mol. The Labute approximate surface area is 123 Å². The van der Waals surface area contributed by atoms with Crippen molar-refractivity contribution in [3.05, 3.63) is 28.2 Å². The second-order valence-electron chi connectivity index (χ2n) is 6.63. The van der Waals surface area contributed by atoms with Crippen molar-refractivity contribution in [3.63, 3.8) is 0 Å². The summed E-state index contributed by atoms with van der Waals surface area (Å²) < 4.78 is 7.50. The number of ether oxygens (including phenoxy) is 1. The monoisotopic (exact) mass is 323 g/mol. The van der Waals surface area contributed by atoms with Gasteiger partial charge in [0.15, 0.2) is 0 Å². The maximum absolute atomic E-state index is 6.43. The summed E-state index contributed by atoms with van der Waals surface area (Å²) in [6.07, 6.45) is 4.54. The summed E-state index contributed by atoms with van der Waals surface area (Å²) >= 11 is 3.51. The van der Waals surface area contributed by atoms with E-state index in [1.807, 2.05) is 6.07 Å². The van der Waals surface area contributed by atoms with Gasteiger partial charge in [-0.25, -0.2) is 0 Å². The summed E-state index contributed by atoms with van der Waals surface area (Å²) in [6, 6.07) is 6.30. The van der Waals surface area contributed by atoms with Gasteiger partial charge in [0.1, 0.15) is 11.4 Å². The molecule has 1 aromatic carbocycles. The molecule has 2 aliphatic rings. The van der Waals surface area contributed by atoms with Gasteiger partial charge in [-0.3, -0.25) is 0 Å². The SMILES string of the molecule is CC1CC(C)CC2(C1)CC(N)c1cc(Br)ccc1O2. The van der Waals surface area contributed by atoms with Crippen molar-refractivity contribution in [1.82, 2.24) is 0 Å². The van der Waals surface area contributed by atoms with E-state index in [1.54, 1.807) is 0 Å². The Morgan fingerprint density at radius 2 is 1.89 bits per heavy atom. The van der Waals surface area contributed by atoms with Gasteiger partial charge in [-0.15, -0.1) is 0 Å². The maximum Gasteiger partial charge on any atom is 0.124 e. The van der Waals surface area contributed by atoms with E-state index in [4.69, 9.17) is 10.5 Å². The average molecular weight is 324 g/mol. The van der Waals surface area contributed by atoms with Crippen molar-refractivity contribution in [2.75, 3.05) is 0 Å². The number of hydrogen-bond acceptors (Lipinski definition) is 2. The Morgan fingerprint density at radius 3 is 2.58 bits per heavy atom. The largest absolute Gasteiger partial charge is 0.487 e. The number of rotatable bonds is 0. The van der Waals surface area contributed by atoms with E-state index in [1.165, 1.54) is 6.42 Å². The second kappa shape index (κ2) is 4.78. The predicted molar refractivity (Wildman–Crippen MR) is 81.2 cm³/mol. The third-order valence-electron chi connectivity index (χ3n) is 4.54. The zero-order valence-corrected chi connectivity index (χ0v) is 13.2. The van der Waals surface area contributed by atoms with Crippen LogP contribution < -0.4 is 10.5 Å². The lowest BCUT2D eigenvalue weighted by molar-refractivity contribution is -0.0311. The van der Waals surface area contributed by atoms with E-state index < -0.39 is 0 Å². The first-order chi connectivity index (χ1) is 8.97. The van der Waals surface area contributed by atoms with Crippen LogP contribution in [0.25, 0.3) is 0 Å². The summed E-state index contributed by atoms with van der Waals surface area (Å²) in [4.78, 5) is 0. The molecule has 1 aliphatic carbocycles. The summed E-state index contributed by atoms with van der Waals surface area (Å²) in [6.45, 7) is 4.67. The van der Waals surface area contributed by atoms with Gasteiger partial charge < -0.3 is 10.5 Å². The predicted octanol–water partition coefficient (Wildman–Crippen LogP) is 4.43. The number of nitrogens with two attached hydrogens (primary N) is 1. The first-order valence-corrected chi connectivity index (χ1v) is 8.01. The third-order valence-corrected chi connectivity index (χ3v) is 5.03. The molecule has 0 radical (unpaired) electrons. The molecule has 1 spiro atoms. The number of benzene rings is 1. The quantitative estimate of drug-likeness (QED) is 0.766. The van der Waals surface area contributed by atoms with E-state index >= 15 is 0 Å². The van der Waals surface area contributed by atoms with Crippen LogP contribution in [0.3, 0.4) is 0 Å². The zero-order chi connectivity index (χ0) is 13.6. The summed E-state index contributed by atoms with van der Waals surface area (Å²) in [5.41, 5.74) is 7.52. The highest BCUT2D eigenvalue weighted by Gasteiger charge is 2.44. The van der Waals surface area contributed by atoms with Crippen LogP contribution in [-0.4, -0.2) is 5.60 Å². The van der Waals surface area contributed by atoms with Gasteiger partial charge in [0, 0.05) is 22.5 Å². The van der Waals surface area contributed by atoms with Gasteiger partial charge in [-0.2, -0.15) is 0 Å². The maximum atomic E-state index is 6.43. The fourth-order valence-corrected chi connectivity index (χ4v) is 4.52. The highest BCUT2D eigenvalue weighted by Crippen LogP contribution is 2.48. The van der Waals surface area contributed by atoms with Gasteiger partial charge in [-0.1, -0.05) is 29.8 Å². The van der Waals surface area contributed by atoms with Crippen LogP contribution in [0.5, 0.6) is 5.75 Å². The van der Waals surface area contributed by atoms with Crippen LogP contribution in [0.4, 0.5) is 0 Å². The summed E-state index contributed by atoms with van der Waals surface area (Å²) in [5, 5.41) is 0. The fraction of sp³-hybridized carbons (Fsp3) is 0.625. The Morgan fingerprint density at radius 1 is 1.21 bits per heavy atom. The molecule has 0 aromatic heterocycles. The highest BCUT2D eigenvalue weighted by molar-refractivity contribution is 9.10. The molecule has 1 heterocycles. The van der Waals surface area contributed by atoms with Crippen LogP contribution in [0, 0.1) is 11.8 Å². The molecule has 2 nitrogen and oxygen atoms in total. The first kappa shape index (κ1) is 13.4. The van der Waals surface area contributed by atoms with Gasteiger partial charge in [0.25, 0.3) is 0 Å². The molecule has 0 saturated heterocycles. The lowest BCUT2D eigenvalue weighted by Gasteiger charge is -2.47. The second-order valence-corrected chi connectivity index (χ2v) is 7.55. The topological polar surface area (TPSA) is 35.2 Å². The molecular formula is C16H22BrNO. The van der Waals surface area contributed by atoms with Gasteiger partial charge in [0.2, 0.25) is 0 Å². The smallest absolute Gasteiger partial charge is 0.124 e. The molecule has 3 unspecified atom stereocenters. The molecule has 1 aliphatic heterocycles. The minimum absolute atomic E-state index is 0.0304. The normalized spacial score (nSPS) is 37.8. The summed E-state index contributed by atoms with van der Waals surface area (Å²) in [5.74, 6) is 2.45. The molecule has 19 heavy (non-hydrogen) atoms. The molecule has 1 aromatic rings. The Kier molecular flexibility index (Phi) is 3.38. The molecule has 3 rings (SSSR count). The lowest BCUT2D eigenvalue weighted by Crippen LogP contribution is -2.48. The fourth-order valence-electron chi connectivity index (χ4n) is 4.14. The standard InChI is InChI=1S/C16H22BrNO/c1-10-5-11(2)8-16(7-10)9-14(18)13-6-12(17)3-4-15(13)19-16/h3-4,6,10-11,14H,5,7-9,18H2,1-2H3. The van der Waals surface area contributed by atoms with Crippen molar-refractivity contribution in [2.45, 2.75) is 51.2 Å². The Hall–Kier alpha value is -0.540. The van der Waals surface area contributed by atoms with Crippen LogP contribution in [0.15, 0.2) is 22.7 Å². The first-order valence-electron chi connectivity index (χ1n) is 7.21. The molecule has 0 bridgehead atoms. The minimum atomic E-state index is -0.0304. The zero-order valence-electron chi connectivity index (χ0n) is 11.7. The molecule has 104 valence electrons. The molecule has 0 amide bonds. The summed E-state index contributed by atoms with van der Waals surface area (Å²) in [7, 11) is 0. The van der Waals surface area contributed by atoms with Gasteiger partial charge >= 0.3 is 0 Å². The van der Waals surface area contributed by atoms with Crippen molar-refractivity contribution < 1.29 is 4.74 Å². The van der Waals surface area contributed by atoms with Crippen molar-refractivity contribution in [2.24, 2.45) is 17.6 Å². The van der Waals surface area contributed by atoms with Crippen molar-refractivity contribution >= 4 is 15.9 Å². The number of halogens is 1. The Balaban J connectivity index is 1.94. The number of fused-ring (bicyclic) bond motifs is 1.